The van der Waals surface area contributed by atoms with Gasteiger partial charge in [0.2, 0.25) is 0 Å². The van der Waals surface area contributed by atoms with Crippen molar-refractivity contribution in [1.82, 2.24) is 19.7 Å². The number of thioether (sulfide) groups is 1. The van der Waals surface area contributed by atoms with Crippen LogP contribution in [0.2, 0.25) is 0 Å². The molecule has 0 radical (unpaired) electrons. The summed E-state index contributed by atoms with van der Waals surface area (Å²) in [7, 11) is 3.81. The summed E-state index contributed by atoms with van der Waals surface area (Å²) in [5.74, 6) is 2.96. The van der Waals surface area contributed by atoms with Crippen LogP contribution in [0.5, 0.6) is 5.75 Å². The highest BCUT2D eigenvalue weighted by Gasteiger charge is 2.53. The molecule has 162 valence electrons. The van der Waals surface area contributed by atoms with Crippen molar-refractivity contribution in [2.24, 2.45) is 7.05 Å². The van der Waals surface area contributed by atoms with Crippen LogP contribution in [0.3, 0.4) is 0 Å². The fraction of sp³-hybridized carbons (Fsp3) is 0.417. The van der Waals surface area contributed by atoms with Crippen molar-refractivity contribution in [3.05, 3.63) is 54.6 Å². The average Bonchev–Trinajstić information content (AvgIpc) is 3.13. The monoisotopic (exact) mass is 435 g/mol. The lowest BCUT2D eigenvalue weighted by molar-refractivity contribution is 0.0250. The molecule has 0 aliphatic carbocycles. The Hall–Kier alpha value is -2.51. The minimum atomic E-state index is 0.315. The van der Waals surface area contributed by atoms with E-state index in [1.807, 2.05) is 31.3 Å². The predicted octanol–water partition coefficient (Wildman–Crippen LogP) is 3.94. The number of aromatic nitrogens is 3. The SMILES string of the molecule is COc1ccccc1N1CCC12CN(CCCSc1nnc(-c3ccccc3)n1C)C2. The molecule has 31 heavy (non-hydrogen) atoms. The second-order valence-corrected chi connectivity index (χ2v) is 9.50. The van der Waals surface area contributed by atoms with Gasteiger partial charge in [0.1, 0.15) is 5.75 Å². The van der Waals surface area contributed by atoms with E-state index in [1.54, 1.807) is 18.9 Å². The molecule has 0 saturated carbocycles. The fourth-order valence-corrected chi connectivity index (χ4v) is 5.61. The zero-order valence-corrected chi connectivity index (χ0v) is 19.0. The van der Waals surface area contributed by atoms with E-state index in [4.69, 9.17) is 4.74 Å². The summed E-state index contributed by atoms with van der Waals surface area (Å²) in [6.45, 7) is 4.56. The van der Waals surface area contributed by atoms with Gasteiger partial charge in [0.05, 0.1) is 18.3 Å². The van der Waals surface area contributed by atoms with E-state index >= 15 is 0 Å². The van der Waals surface area contributed by atoms with Gasteiger partial charge in [0, 0.05) is 38.0 Å². The van der Waals surface area contributed by atoms with Gasteiger partial charge >= 0.3 is 0 Å². The van der Waals surface area contributed by atoms with E-state index in [9.17, 15) is 0 Å². The molecule has 0 bridgehead atoms. The highest BCUT2D eigenvalue weighted by molar-refractivity contribution is 7.99. The largest absolute Gasteiger partial charge is 0.495 e. The van der Waals surface area contributed by atoms with Crippen LogP contribution in [0.1, 0.15) is 12.8 Å². The normalized spacial score (nSPS) is 17.4. The van der Waals surface area contributed by atoms with E-state index < -0.39 is 0 Å². The summed E-state index contributed by atoms with van der Waals surface area (Å²) >= 11 is 1.80. The molecule has 5 rings (SSSR count). The summed E-state index contributed by atoms with van der Waals surface area (Å²) in [4.78, 5) is 5.12. The molecule has 2 fully saturated rings. The van der Waals surface area contributed by atoms with Crippen LogP contribution in [0.15, 0.2) is 59.8 Å². The quantitative estimate of drug-likeness (QED) is 0.395. The Labute approximate surface area is 188 Å². The molecule has 3 aromatic rings. The maximum absolute atomic E-state index is 5.58. The molecule has 0 unspecified atom stereocenters. The summed E-state index contributed by atoms with van der Waals surface area (Å²) in [5.41, 5.74) is 2.66. The van der Waals surface area contributed by atoms with Crippen molar-refractivity contribution in [3.8, 4) is 17.1 Å². The van der Waals surface area contributed by atoms with Gasteiger partial charge < -0.3 is 14.2 Å². The third-order valence-corrected chi connectivity index (χ3v) is 7.61. The standard InChI is InChI=1S/C24H29N5OS/c1-27-22(19-9-4-3-5-10-19)25-26-23(27)31-16-8-14-28-17-24(18-28)13-15-29(24)20-11-6-7-12-21(20)30-2/h3-7,9-12H,8,13-18H2,1-2H3. The Morgan fingerprint density at radius 1 is 1.03 bits per heavy atom. The summed E-state index contributed by atoms with van der Waals surface area (Å²) in [5, 5.41) is 9.76. The molecular formula is C24H29N5OS. The fourth-order valence-electron chi connectivity index (χ4n) is 4.77. The first kappa shape index (κ1) is 20.4. The Morgan fingerprint density at radius 2 is 1.81 bits per heavy atom. The van der Waals surface area contributed by atoms with E-state index in [0.717, 1.165) is 60.6 Å². The van der Waals surface area contributed by atoms with Gasteiger partial charge in [-0.1, -0.05) is 54.2 Å². The van der Waals surface area contributed by atoms with E-state index in [2.05, 4.69) is 54.9 Å². The van der Waals surface area contributed by atoms with E-state index in [0.29, 0.717) is 5.54 Å². The highest BCUT2D eigenvalue weighted by atomic mass is 32.2. The van der Waals surface area contributed by atoms with Crippen LogP contribution in [0.25, 0.3) is 11.4 Å². The van der Waals surface area contributed by atoms with Gasteiger partial charge in [0.25, 0.3) is 0 Å². The number of nitrogens with zero attached hydrogens (tertiary/aromatic N) is 5. The van der Waals surface area contributed by atoms with Crippen LogP contribution < -0.4 is 9.64 Å². The molecule has 2 saturated heterocycles. The Morgan fingerprint density at radius 3 is 2.55 bits per heavy atom. The van der Waals surface area contributed by atoms with Crippen molar-refractivity contribution in [1.29, 1.82) is 0 Å². The number of hydrogen-bond acceptors (Lipinski definition) is 6. The topological polar surface area (TPSA) is 46.4 Å². The number of anilines is 1. The predicted molar refractivity (Wildman–Crippen MR) is 126 cm³/mol. The summed E-state index contributed by atoms with van der Waals surface area (Å²) in [6.07, 6.45) is 2.43. The maximum Gasteiger partial charge on any atom is 0.191 e. The molecule has 2 aliphatic rings. The molecule has 6 nitrogen and oxygen atoms in total. The van der Waals surface area contributed by atoms with Gasteiger partial charge in [0.15, 0.2) is 11.0 Å². The third-order valence-electron chi connectivity index (χ3n) is 6.50. The number of likely N-dealkylation sites (tertiary alicyclic amines) is 1. The minimum absolute atomic E-state index is 0.315. The van der Waals surface area contributed by atoms with Gasteiger partial charge in [-0.15, -0.1) is 10.2 Å². The average molecular weight is 436 g/mol. The number of benzene rings is 2. The van der Waals surface area contributed by atoms with Crippen LogP contribution in [-0.4, -0.2) is 64.2 Å². The van der Waals surface area contributed by atoms with Gasteiger partial charge in [-0.2, -0.15) is 0 Å². The zero-order valence-electron chi connectivity index (χ0n) is 18.2. The van der Waals surface area contributed by atoms with Crippen LogP contribution in [-0.2, 0) is 7.05 Å². The molecule has 2 aromatic carbocycles. The van der Waals surface area contributed by atoms with Gasteiger partial charge in [-0.3, -0.25) is 4.90 Å². The zero-order chi connectivity index (χ0) is 21.3. The lowest BCUT2D eigenvalue weighted by atomic mass is 9.77. The van der Waals surface area contributed by atoms with E-state index in [1.165, 1.54) is 12.1 Å². The van der Waals surface area contributed by atoms with Gasteiger partial charge in [-0.25, -0.2) is 0 Å². The first-order chi connectivity index (χ1) is 15.2. The van der Waals surface area contributed by atoms with Crippen LogP contribution >= 0.6 is 11.8 Å². The summed E-state index contributed by atoms with van der Waals surface area (Å²) in [6, 6.07) is 18.6. The van der Waals surface area contributed by atoms with Crippen molar-refractivity contribution < 1.29 is 4.74 Å². The number of para-hydroxylation sites is 2. The smallest absolute Gasteiger partial charge is 0.191 e. The Bertz CT molecular complexity index is 1030. The molecule has 0 N–H and O–H groups in total. The maximum atomic E-state index is 5.58. The Balaban J connectivity index is 1.09. The second-order valence-electron chi connectivity index (χ2n) is 8.44. The van der Waals surface area contributed by atoms with Crippen molar-refractivity contribution in [2.75, 3.05) is 43.9 Å². The molecular weight excluding hydrogens is 406 g/mol. The minimum Gasteiger partial charge on any atom is -0.495 e. The third kappa shape index (κ3) is 3.81. The van der Waals surface area contributed by atoms with E-state index in [-0.39, 0.29) is 0 Å². The molecule has 3 heterocycles. The number of methoxy groups -OCH3 is 1. The van der Waals surface area contributed by atoms with Crippen LogP contribution in [0.4, 0.5) is 5.69 Å². The lowest BCUT2D eigenvalue weighted by Crippen LogP contribution is -2.77. The van der Waals surface area contributed by atoms with Crippen molar-refractivity contribution >= 4 is 17.4 Å². The first-order valence-corrected chi connectivity index (χ1v) is 11.9. The molecule has 0 amide bonds. The lowest BCUT2D eigenvalue weighted by Gasteiger charge is -2.64. The number of rotatable bonds is 8. The molecule has 2 aliphatic heterocycles. The molecule has 0 atom stereocenters. The molecule has 7 heteroatoms. The van der Waals surface area contributed by atoms with Crippen LogP contribution in [0, 0.1) is 0 Å². The summed E-state index contributed by atoms with van der Waals surface area (Å²) < 4.78 is 7.68. The number of ether oxygens (including phenoxy) is 1. The molecule has 1 aromatic heterocycles. The molecule has 1 spiro atoms. The van der Waals surface area contributed by atoms with Crippen molar-refractivity contribution in [2.45, 2.75) is 23.5 Å². The Kier molecular flexibility index (Phi) is 5.63. The second kappa shape index (κ2) is 8.55. The first-order valence-electron chi connectivity index (χ1n) is 10.9. The van der Waals surface area contributed by atoms with Gasteiger partial charge in [-0.05, 0) is 31.5 Å². The van der Waals surface area contributed by atoms with Crippen molar-refractivity contribution in [3.63, 3.8) is 0 Å². The number of hydrogen-bond donors (Lipinski definition) is 0. The highest BCUT2D eigenvalue weighted by Crippen LogP contribution is 2.45.